The van der Waals surface area contributed by atoms with E-state index in [1.807, 2.05) is 18.2 Å². The molecule has 0 radical (unpaired) electrons. The van der Waals surface area contributed by atoms with Crippen molar-refractivity contribution in [3.63, 3.8) is 0 Å². The molecule has 0 saturated carbocycles. The van der Waals surface area contributed by atoms with Crippen LogP contribution in [-0.2, 0) is 11.2 Å². The van der Waals surface area contributed by atoms with E-state index < -0.39 is 0 Å². The number of carbonyl (C=O) groups is 1. The molecule has 2 aromatic heterocycles. The van der Waals surface area contributed by atoms with Gasteiger partial charge in [-0.15, -0.1) is 0 Å². The number of aromatic nitrogens is 2. The van der Waals surface area contributed by atoms with Gasteiger partial charge >= 0.3 is 0 Å². The van der Waals surface area contributed by atoms with Crippen molar-refractivity contribution < 1.29 is 4.79 Å². The van der Waals surface area contributed by atoms with Crippen molar-refractivity contribution in [1.82, 2.24) is 15.3 Å². The molecule has 1 aromatic carbocycles. The predicted molar refractivity (Wildman–Crippen MR) is 110 cm³/mol. The first-order chi connectivity index (χ1) is 13.3. The number of fused-ring (bicyclic) bond motifs is 1. The van der Waals surface area contributed by atoms with Crippen LogP contribution < -0.4 is 10.2 Å². The summed E-state index contributed by atoms with van der Waals surface area (Å²) in [5.74, 6) is 0.211. The molecule has 6 heteroatoms. The lowest BCUT2D eigenvalue weighted by Gasteiger charge is -2.31. The van der Waals surface area contributed by atoms with Crippen molar-refractivity contribution in [3.05, 3.63) is 54.2 Å². The highest BCUT2D eigenvalue weighted by Crippen LogP contribution is 2.30. The second-order valence-electron chi connectivity index (χ2n) is 6.99. The second-order valence-corrected chi connectivity index (χ2v) is 7.95. The normalized spacial score (nSPS) is 17.2. The molecule has 4 rings (SSSR count). The number of amides is 1. The fraction of sp³-hybridized carbons (Fsp3) is 0.381. The fourth-order valence-electron chi connectivity index (χ4n) is 3.55. The lowest BCUT2D eigenvalue weighted by Crippen LogP contribution is -2.43. The van der Waals surface area contributed by atoms with Gasteiger partial charge in [-0.25, -0.2) is 9.97 Å². The first-order valence-electron chi connectivity index (χ1n) is 9.58. The van der Waals surface area contributed by atoms with Gasteiger partial charge in [-0.2, -0.15) is 0 Å². The molecule has 5 nitrogen and oxygen atoms in total. The highest BCUT2D eigenvalue weighted by Gasteiger charge is 2.27. The van der Waals surface area contributed by atoms with Gasteiger partial charge in [0.2, 0.25) is 5.91 Å². The molecule has 1 amide bonds. The summed E-state index contributed by atoms with van der Waals surface area (Å²) < 4.78 is 0. The van der Waals surface area contributed by atoms with Crippen molar-refractivity contribution in [2.75, 3.05) is 24.5 Å². The average molecular weight is 381 g/mol. The minimum absolute atomic E-state index is 0.0375. The molecule has 1 atom stereocenters. The Balaban J connectivity index is 1.29. The van der Waals surface area contributed by atoms with Crippen LogP contribution in [0.1, 0.15) is 24.8 Å². The molecule has 3 heterocycles. The Bertz CT molecular complexity index is 862. The average Bonchev–Trinajstić information content (AvgIpc) is 3.16. The minimum atomic E-state index is 0.0375. The molecule has 27 heavy (non-hydrogen) atoms. The number of pyridine rings is 1. The van der Waals surface area contributed by atoms with Gasteiger partial charge in [0.1, 0.15) is 10.3 Å². The van der Waals surface area contributed by atoms with Crippen molar-refractivity contribution in [2.45, 2.75) is 25.7 Å². The van der Waals surface area contributed by atoms with Gasteiger partial charge < -0.3 is 10.2 Å². The summed E-state index contributed by atoms with van der Waals surface area (Å²) in [7, 11) is 0. The molecular weight excluding hydrogens is 356 g/mol. The zero-order valence-electron chi connectivity index (χ0n) is 15.3. The number of nitrogens with zero attached hydrogens (tertiary/aromatic N) is 3. The van der Waals surface area contributed by atoms with Crippen LogP contribution in [-0.4, -0.2) is 35.5 Å². The van der Waals surface area contributed by atoms with Crippen LogP contribution in [0, 0.1) is 5.92 Å². The largest absolute Gasteiger partial charge is 0.356 e. The van der Waals surface area contributed by atoms with Gasteiger partial charge in [0.15, 0.2) is 5.13 Å². The summed E-state index contributed by atoms with van der Waals surface area (Å²) in [5, 5.41) is 4.10. The Labute approximate surface area is 163 Å². The van der Waals surface area contributed by atoms with Crippen LogP contribution in [0.4, 0.5) is 5.13 Å². The third-order valence-electron chi connectivity index (χ3n) is 5.00. The SMILES string of the molecule is O=C(NCCCc1ccccc1)[C@H]1CCCN(c2nc3cccnc3s2)C1. The number of piperidine rings is 1. The molecule has 140 valence electrons. The molecule has 0 spiro atoms. The van der Waals surface area contributed by atoms with Crippen LogP contribution in [0.25, 0.3) is 10.3 Å². The van der Waals surface area contributed by atoms with Crippen molar-refractivity contribution in [2.24, 2.45) is 5.92 Å². The number of nitrogens with one attached hydrogen (secondary N) is 1. The molecule has 1 aliphatic heterocycles. The Hall–Kier alpha value is -2.47. The number of aryl methyl sites for hydroxylation is 1. The molecule has 0 bridgehead atoms. The van der Waals surface area contributed by atoms with Gasteiger partial charge in [-0.3, -0.25) is 4.79 Å². The summed E-state index contributed by atoms with van der Waals surface area (Å²) >= 11 is 1.61. The van der Waals surface area contributed by atoms with Crippen LogP contribution >= 0.6 is 11.3 Å². The van der Waals surface area contributed by atoms with E-state index in [0.717, 1.165) is 60.8 Å². The molecule has 1 aliphatic rings. The Morgan fingerprint density at radius 1 is 1.22 bits per heavy atom. The molecule has 1 saturated heterocycles. The van der Waals surface area contributed by atoms with Gasteiger partial charge in [-0.1, -0.05) is 41.7 Å². The lowest BCUT2D eigenvalue weighted by molar-refractivity contribution is -0.125. The quantitative estimate of drug-likeness (QED) is 0.663. The number of carbonyl (C=O) groups excluding carboxylic acids is 1. The maximum absolute atomic E-state index is 12.6. The standard InChI is InChI=1S/C21H24N4OS/c26-19(22-12-4-9-16-7-2-1-3-8-16)17-10-6-14-25(15-17)21-24-18-11-5-13-23-20(18)27-21/h1-3,5,7-8,11,13,17H,4,6,9-10,12,14-15H2,(H,22,26)/t17-/m0/s1. The number of hydrogen-bond donors (Lipinski definition) is 1. The second kappa shape index (κ2) is 8.48. The van der Waals surface area contributed by atoms with Crippen molar-refractivity contribution >= 4 is 32.7 Å². The number of anilines is 1. The van der Waals surface area contributed by atoms with Crippen LogP contribution in [0.5, 0.6) is 0 Å². The van der Waals surface area contributed by atoms with Crippen molar-refractivity contribution in [3.8, 4) is 0 Å². The highest BCUT2D eigenvalue weighted by molar-refractivity contribution is 7.21. The molecular formula is C21H24N4OS. The zero-order valence-corrected chi connectivity index (χ0v) is 16.1. The Morgan fingerprint density at radius 2 is 2.11 bits per heavy atom. The molecule has 0 aliphatic carbocycles. The first kappa shape index (κ1) is 17.9. The predicted octanol–water partition coefficient (Wildman–Crippen LogP) is 3.66. The molecule has 1 N–H and O–H groups in total. The molecule has 0 unspecified atom stereocenters. The zero-order chi connectivity index (χ0) is 18.5. The number of rotatable bonds is 6. The van der Waals surface area contributed by atoms with Crippen LogP contribution in [0.3, 0.4) is 0 Å². The van der Waals surface area contributed by atoms with E-state index in [1.54, 1.807) is 17.5 Å². The third kappa shape index (κ3) is 4.45. The number of benzene rings is 1. The Morgan fingerprint density at radius 3 is 2.96 bits per heavy atom. The molecule has 1 fully saturated rings. The minimum Gasteiger partial charge on any atom is -0.356 e. The summed E-state index contributed by atoms with van der Waals surface area (Å²) in [6.07, 6.45) is 5.73. The van der Waals surface area contributed by atoms with Gasteiger partial charge in [-0.05, 0) is 43.4 Å². The van der Waals surface area contributed by atoms with Gasteiger partial charge in [0.05, 0.1) is 5.92 Å². The van der Waals surface area contributed by atoms with Gasteiger partial charge in [0, 0.05) is 25.8 Å². The third-order valence-corrected chi connectivity index (χ3v) is 6.04. The van der Waals surface area contributed by atoms with Gasteiger partial charge in [0.25, 0.3) is 0 Å². The maximum atomic E-state index is 12.6. The number of hydrogen-bond acceptors (Lipinski definition) is 5. The smallest absolute Gasteiger partial charge is 0.224 e. The van der Waals surface area contributed by atoms with Crippen LogP contribution in [0.2, 0.25) is 0 Å². The van der Waals surface area contributed by atoms with E-state index in [2.05, 4.69) is 44.5 Å². The highest BCUT2D eigenvalue weighted by atomic mass is 32.1. The van der Waals surface area contributed by atoms with E-state index in [-0.39, 0.29) is 11.8 Å². The lowest BCUT2D eigenvalue weighted by atomic mass is 9.97. The topological polar surface area (TPSA) is 58.1 Å². The fourth-order valence-corrected chi connectivity index (χ4v) is 4.50. The van der Waals surface area contributed by atoms with Crippen molar-refractivity contribution in [1.29, 1.82) is 0 Å². The summed E-state index contributed by atoms with van der Waals surface area (Å²) in [5.41, 5.74) is 2.25. The van der Waals surface area contributed by atoms with E-state index in [1.165, 1.54) is 5.56 Å². The number of thiazole rings is 1. The summed E-state index contributed by atoms with van der Waals surface area (Å²) in [6.45, 7) is 2.43. The summed E-state index contributed by atoms with van der Waals surface area (Å²) in [4.78, 5) is 24.9. The summed E-state index contributed by atoms with van der Waals surface area (Å²) in [6, 6.07) is 14.3. The Kier molecular flexibility index (Phi) is 5.63. The van der Waals surface area contributed by atoms with Crippen LogP contribution in [0.15, 0.2) is 48.7 Å². The van der Waals surface area contributed by atoms with E-state index in [0.29, 0.717) is 0 Å². The first-order valence-corrected chi connectivity index (χ1v) is 10.4. The van der Waals surface area contributed by atoms with E-state index in [9.17, 15) is 4.79 Å². The van der Waals surface area contributed by atoms with E-state index in [4.69, 9.17) is 0 Å². The van der Waals surface area contributed by atoms with E-state index >= 15 is 0 Å². The molecule has 3 aromatic rings. The maximum Gasteiger partial charge on any atom is 0.224 e. The monoisotopic (exact) mass is 380 g/mol.